The van der Waals surface area contributed by atoms with Crippen LogP contribution >= 0.6 is 0 Å². The first kappa shape index (κ1) is 13.2. The number of carboxylic acid groups (broad SMARTS) is 1. The maximum Gasteiger partial charge on any atom is 0.326 e. The number of hydrogen-bond donors (Lipinski definition) is 3. The lowest BCUT2D eigenvalue weighted by Crippen LogP contribution is -2.44. The molecule has 0 aromatic carbocycles. The Morgan fingerprint density at radius 1 is 1.65 bits per heavy atom. The van der Waals surface area contributed by atoms with Crippen LogP contribution in [0, 0.1) is 0 Å². The molecule has 1 aromatic rings. The van der Waals surface area contributed by atoms with Gasteiger partial charge in [-0.25, -0.2) is 4.79 Å². The molecule has 94 valence electrons. The quantitative estimate of drug-likeness (QED) is 0.636. The fourth-order valence-corrected chi connectivity index (χ4v) is 1.35. The molecule has 1 aromatic heterocycles. The summed E-state index contributed by atoms with van der Waals surface area (Å²) in [6.45, 7) is 1.68. The van der Waals surface area contributed by atoms with Crippen LogP contribution in [0.15, 0.2) is 12.4 Å². The Kier molecular flexibility index (Phi) is 4.22. The van der Waals surface area contributed by atoms with Crippen molar-refractivity contribution in [2.24, 2.45) is 12.8 Å². The number of rotatable bonds is 5. The standard InChI is InChI=1S/C10H16N4O3/c1-3-7(10(16)17)13-9(15)8(11)6-4-12-14(2)5-6/h4-5,7-8H,3,11H2,1-2H3,(H,13,15)(H,16,17)/t7-,8?/m1/s1. The summed E-state index contributed by atoms with van der Waals surface area (Å²) in [4.78, 5) is 22.4. The Morgan fingerprint density at radius 2 is 2.29 bits per heavy atom. The van der Waals surface area contributed by atoms with Gasteiger partial charge in [-0.1, -0.05) is 6.92 Å². The predicted octanol–water partition coefficient (Wildman–Crippen LogP) is -0.601. The number of nitrogens with one attached hydrogen (secondary N) is 1. The molecular weight excluding hydrogens is 224 g/mol. The topological polar surface area (TPSA) is 110 Å². The fraction of sp³-hybridized carbons (Fsp3) is 0.500. The van der Waals surface area contributed by atoms with Gasteiger partial charge in [0.1, 0.15) is 12.1 Å². The number of carbonyl (C=O) groups is 2. The average molecular weight is 240 g/mol. The van der Waals surface area contributed by atoms with E-state index in [0.29, 0.717) is 12.0 Å². The van der Waals surface area contributed by atoms with Crippen LogP contribution in [0.4, 0.5) is 0 Å². The molecule has 0 saturated carbocycles. The number of carboxylic acids is 1. The molecule has 0 fully saturated rings. The molecule has 0 aliphatic carbocycles. The number of hydrogen-bond acceptors (Lipinski definition) is 4. The highest BCUT2D eigenvalue weighted by atomic mass is 16.4. The summed E-state index contributed by atoms with van der Waals surface area (Å²) in [5.74, 6) is -1.59. The van der Waals surface area contributed by atoms with Crippen molar-refractivity contribution < 1.29 is 14.7 Å². The molecule has 7 heteroatoms. The van der Waals surface area contributed by atoms with Crippen molar-refractivity contribution in [1.82, 2.24) is 15.1 Å². The van der Waals surface area contributed by atoms with Gasteiger partial charge in [0.2, 0.25) is 5.91 Å². The van der Waals surface area contributed by atoms with E-state index in [0.717, 1.165) is 0 Å². The van der Waals surface area contributed by atoms with Gasteiger partial charge in [0.15, 0.2) is 0 Å². The van der Waals surface area contributed by atoms with Crippen molar-refractivity contribution in [2.75, 3.05) is 0 Å². The summed E-state index contributed by atoms with van der Waals surface area (Å²) in [7, 11) is 1.71. The predicted molar refractivity (Wildman–Crippen MR) is 60.0 cm³/mol. The molecule has 2 atom stereocenters. The molecule has 1 heterocycles. The van der Waals surface area contributed by atoms with Crippen molar-refractivity contribution in [1.29, 1.82) is 0 Å². The minimum Gasteiger partial charge on any atom is -0.480 e. The van der Waals surface area contributed by atoms with Crippen molar-refractivity contribution in [3.8, 4) is 0 Å². The number of amides is 1. The van der Waals surface area contributed by atoms with Gasteiger partial charge in [0.05, 0.1) is 6.20 Å². The van der Waals surface area contributed by atoms with Crippen LogP contribution in [0.25, 0.3) is 0 Å². The highest BCUT2D eigenvalue weighted by Crippen LogP contribution is 2.09. The summed E-state index contributed by atoms with van der Waals surface area (Å²) < 4.78 is 1.52. The molecule has 0 saturated heterocycles. The van der Waals surface area contributed by atoms with Crippen LogP contribution in [0.5, 0.6) is 0 Å². The maximum absolute atomic E-state index is 11.7. The molecule has 17 heavy (non-hydrogen) atoms. The van der Waals surface area contributed by atoms with E-state index in [9.17, 15) is 9.59 Å². The van der Waals surface area contributed by atoms with Gasteiger partial charge in [0, 0.05) is 18.8 Å². The average Bonchev–Trinajstić information content (AvgIpc) is 2.70. The third kappa shape index (κ3) is 3.28. The summed E-state index contributed by atoms with van der Waals surface area (Å²) in [5.41, 5.74) is 6.24. The number of nitrogens with two attached hydrogens (primary N) is 1. The smallest absolute Gasteiger partial charge is 0.326 e. The lowest BCUT2D eigenvalue weighted by Gasteiger charge is -2.15. The van der Waals surface area contributed by atoms with Gasteiger partial charge in [-0.2, -0.15) is 5.10 Å². The SMILES string of the molecule is CC[C@@H](NC(=O)C(N)c1cnn(C)c1)C(=O)O. The van der Waals surface area contributed by atoms with E-state index in [1.165, 1.54) is 10.9 Å². The first-order valence-corrected chi connectivity index (χ1v) is 5.23. The van der Waals surface area contributed by atoms with E-state index >= 15 is 0 Å². The summed E-state index contributed by atoms with van der Waals surface area (Å²) in [5, 5.41) is 15.1. The van der Waals surface area contributed by atoms with Crippen LogP contribution in [-0.2, 0) is 16.6 Å². The Bertz CT molecular complexity index is 415. The molecule has 1 rings (SSSR count). The molecule has 0 aliphatic rings. The third-order valence-electron chi connectivity index (χ3n) is 2.39. The van der Waals surface area contributed by atoms with Crippen molar-refractivity contribution in [3.05, 3.63) is 18.0 Å². The number of aromatic nitrogens is 2. The van der Waals surface area contributed by atoms with Gasteiger partial charge in [-0.3, -0.25) is 9.48 Å². The van der Waals surface area contributed by atoms with E-state index in [2.05, 4.69) is 10.4 Å². The van der Waals surface area contributed by atoms with Crippen LogP contribution in [0.1, 0.15) is 24.9 Å². The minimum absolute atomic E-state index is 0.306. The zero-order valence-electron chi connectivity index (χ0n) is 9.75. The molecule has 1 amide bonds. The Morgan fingerprint density at radius 3 is 2.71 bits per heavy atom. The van der Waals surface area contributed by atoms with E-state index in [1.807, 2.05) is 0 Å². The third-order valence-corrected chi connectivity index (χ3v) is 2.39. The first-order chi connectivity index (χ1) is 7.95. The van der Waals surface area contributed by atoms with Gasteiger partial charge >= 0.3 is 5.97 Å². The van der Waals surface area contributed by atoms with Gasteiger partial charge < -0.3 is 16.2 Å². The van der Waals surface area contributed by atoms with E-state index in [-0.39, 0.29) is 0 Å². The van der Waals surface area contributed by atoms with Crippen LogP contribution < -0.4 is 11.1 Å². The monoisotopic (exact) mass is 240 g/mol. The zero-order chi connectivity index (χ0) is 13.0. The highest BCUT2D eigenvalue weighted by Gasteiger charge is 2.23. The maximum atomic E-state index is 11.7. The molecular formula is C10H16N4O3. The lowest BCUT2D eigenvalue weighted by molar-refractivity contribution is -0.142. The van der Waals surface area contributed by atoms with Gasteiger partial charge in [-0.05, 0) is 6.42 Å². The van der Waals surface area contributed by atoms with Gasteiger partial charge in [-0.15, -0.1) is 0 Å². The summed E-state index contributed by atoms with van der Waals surface area (Å²) in [6.07, 6.45) is 3.40. The second-order valence-electron chi connectivity index (χ2n) is 3.73. The van der Waals surface area contributed by atoms with Crippen LogP contribution in [-0.4, -0.2) is 32.8 Å². The molecule has 0 aliphatic heterocycles. The number of carbonyl (C=O) groups excluding carboxylic acids is 1. The van der Waals surface area contributed by atoms with E-state index in [1.54, 1.807) is 20.2 Å². The van der Waals surface area contributed by atoms with Crippen molar-refractivity contribution >= 4 is 11.9 Å². The second kappa shape index (κ2) is 5.44. The molecule has 7 nitrogen and oxygen atoms in total. The highest BCUT2D eigenvalue weighted by molar-refractivity contribution is 5.87. The van der Waals surface area contributed by atoms with Gasteiger partial charge in [0.25, 0.3) is 0 Å². The Hall–Kier alpha value is -1.89. The minimum atomic E-state index is -1.07. The number of nitrogens with zero attached hydrogens (tertiary/aromatic N) is 2. The van der Waals surface area contributed by atoms with Crippen LogP contribution in [0.3, 0.4) is 0 Å². The number of aliphatic carboxylic acids is 1. The van der Waals surface area contributed by atoms with Crippen molar-refractivity contribution in [2.45, 2.75) is 25.4 Å². The molecule has 0 spiro atoms. The summed E-state index contributed by atoms with van der Waals surface area (Å²) in [6, 6.07) is -1.82. The Balaban J connectivity index is 2.67. The summed E-state index contributed by atoms with van der Waals surface area (Å²) >= 11 is 0. The zero-order valence-corrected chi connectivity index (χ0v) is 9.75. The fourth-order valence-electron chi connectivity index (χ4n) is 1.35. The number of aryl methyl sites for hydroxylation is 1. The largest absolute Gasteiger partial charge is 0.480 e. The molecule has 4 N–H and O–H groups in total. The normalized spacial score (nSPS) is 14.1. The van der Waals surface area contributed by atoms with E-state index < -0.39 is 24.0 Å². The first-order valence-electron chi connectivity index (χ1n) is 5.23. The molecule has 0 radical (unpaired) electrons. The van der Waals surface area contributed by atoms with E-state index in [4.69, 9.17) is 10.8 Å². The second-order valence-corrected chi connectivity index (χ2v) is 3.73. The lowest BCUT2D eigenvalue weighted by atomic mass is 10.1. The molecule has 1 unspecified atom stereocenters. The molecule has 0 bridgehead atoms. The van der Waals surface area contributed by atoms with Crippen molar-refractivity contribution in [3.63, 3.8) is 0 Å². The van der Waals surface area contributed by atoms with Crippen LogP contribution in [0.2, 0.25) is 0 Å². The Labute approximate surface area is 98.6 Å².